The van der Waals surface area contributed by atoms with Gasteiger partial charge in [0, 0.05) is 29.7 Å². The van der Waals surface area contributed by atoms with Gasteiger partial charge in [0.2, 0.25) is 0 Å². The number of nitrogens with one attached hydrogen (secondary N) is 1. The number of anilines is 1. The second-order valence-corrected chi connectivity index (χ2v) is 11.5. The van der Waals surface area contributed by atoms with Crippen LogP contribution in [0.1, 0.15) is 68.2 Å². The Morgan fingerprint density at radius 3 is 2.88 bits per heavy atom. The quantitative estimate of drug-likeness (QED) is 0.355. The fraction of sp³-hybridized carbons (Fsp3) is 0.500. The highest BCUT2D eigenvalue weighted by Crippen LogP contribution is 2.39. The van der Waals surface area contributed by atoms with Crippen LogP contribution in [0.15, 0.2) is 30.7 Å². The summed E-state index contributed by atoms with van der Waals surface area (Å²) in [6.45, 7) is 10.2. The molecular formula is C24H31FN6O2S. The third kappa shape index (κ3) is 5.50. The molecule has 2 unspecified atom stereocenters. The molecule has 0 aromatic carbocycles. The molecule has 8 nitrogen and oxygen atoms in total. The Hall–Kier alpha value is -2.72. The molecule has 182 valence electrons. The first-order valence-corrected chi connectivity index (χ1v) is 12.3. The molecule has 1 saturated heterocycles. The summed E-state index contributed by atoms with van der Waals surface area (Å²) in [6, 6.07) is 3.34. The van der Waals surface area contributed by atoms with Gasteiger partial charge in [-0.2, -0.15) is 5.10 Å². The van der Waals surface area contributed by atoms with Crippen molar-refractivity contribution in [1.82, 2.24) is 24.3 Å². The molecule has 0 radical (unpaired) electrons. The van der Waals surface area contributed by atoms with Crippen LogP contribution in [-0.2, 0) is 6.42 Å². The predicted octanol–water partition coefficient (Wildman–Crippen LogP) is 4.52. The molecule has 4 rings (SSSR count). The van der Waals surface area contributed by atoms with E-state index >= 15 is 0 Å². The number of hydrogen-bond donors (Lipinski definition) is 2. The van der Waals surface area contributed by atoms with Crippen molar-refractivity contribution in [3.8, 4) is 0 Å². The molecule has 2 atom stereocenters. The van der Waals surface area contributed by atoms with E-state index < -0.39 is 5.97 Å². The summed E-state index contributed by atoms with van der Waals surface area (Å²) >= 11 is 1.71. The molecule has 0 spiro atoms. The topological polar surface area (TPSA) is 95.7 Å². The minimum atomic E-state index is -1.07. The zero-order valence-electron chi connectivity index (χ0n) is 20.0. The Morgan fingerprint density at radius 1 is 1.35 bits per heavy atom. The van der Waals surface area contributed by atoms with E-state index in [0.717, 1.165) is 43.6 Å². The lowest BCUT2D eigenvalue weighted by molar-refractivity contribution is 0.0698. The summed E-state index contributed by atoms with van der Waals surface area (Å²) in [5.74, 6) is -0.399. The van der Waals surface area contributed by atoms with Crippen LogP contribution in [0.25, 0.3) is 5.65 Å². The van der Waals surface area contributed by atoms with Gasteiger partial charge < -0.3 is 10.0 Å². The lowest BCUT2D eigenvalue weighted by Gasteiger charge is -2.27. The Morgan fingerprint density at radius 2 is 2.15 bits per heavy atom. The molecular weight excluding hydrogens is 455 g/mol. The van der Waals surface area contributed by atoms with Crippen molar-refractivity contribution in [3.05, 3.63) is 53.4 Å². The van der Waals surface area contributed by atoms with Crippen molar-refractivity contribution in [3.63, 3.8) is 0 Å². The number of fused-ring (bicyclic) bond motifs is 1. The van der Waals surface area contributed by atoms with Crippen LogP contribution in [0.3, 0.4) is 0 Å². The van der Waals surface area contributed by atoms with Gasteiger partial charge in [-0.15, -0.1) is 0 Å². The first-order chi connectivity index (χ1) is 16.1. The smallest absolute Gasteiger partial charge is 0.341 e. The van der Waals surface area contributed by atoms with Gasteiger partial charge in [-0.05, 0) is 63.6 Å². The van der Waals surface area contributed by atoms with Gasteiger partial charge in [0.1, 0.15) is 17.2 Å². The van der Waals surface area contributed by atoms with E-state index in [9.17, 15) is 14.3 Å². The lowest BCUT2D eigenvalue weighted by Crippen LogP contribution is -2.26. The van der Waals surface area contributed by atoms with E-state index in [1.807, 2.05) is 6.07 Å². The van der Waals surface area contributed by atoms with Crippen molar-refractivity contribution >= 4 is 29.4 Å². The van der Waals surface area contributed by atoms with E-state index in [4.69, 9.17) is 0 Å². The summed E-state index contributed by atoms with van der Waals surface area (Å²) in [7, 11) is 0. The number of pyridine rings is 1. The third-order valence-corrected chi connectivity index (χ3v) is 6.75. The van der Waals surface area contributed by atoms with Gasteiger partial charge in [0.05, 0.1) is 18.4 Å². The van der Waals surface area contributed by atoms with Crippen LogP contribution in [0.2, 0.25) is 0 Å². The molecule has 3 aromatic heterocycles. The fourth-order valence-corrected chi connectivity index (χ4v) is 5.02. The van der Waals surface area contributed by atoms with Crippen molar-refractivity contribution in [2.24, 2.45) is 5.92 Å². The van der Waals surface area contributed by atoms with E-state index in [0.29, 0.717) is 17.4 Å². The first-order valence-electron chi connectivity index (χ1n) is 11.5. The maximum absolute atomic E-state index is 14.3. The average Bonchev–Trinajstić information content (AvgIpc) is 3.36. The number of rotatable bonds is 8. The second-order valence-electron chi connectivity index (χ2n) is 9.83. The molecule has 34 heavy (non-hydrogen) atoms. The maximum Gasteiger partial charge on any atom is 0.341 e. The van der Waals surface area contributed by atoms with E-state index in [1.165, 1.54) is 16.9 Å². The Bertz CT molecular complexity index is 1180. The summed E-state index contributed by atoms with van der Waals surface area (Å²) in [5, 5.41) is 13.5. The Kier molecular flexibility index (Phi) is 7.09. The lowest BCUT2D eigenvalue weighted by atomic mass is 9.97. The number of carbonyl (C=O) groups is 1. The maximum atomic E-state index is 14.3. The highest BCUT2D eigenvalue weighted by Gasteiger charge is 2.34. The number of aromatic nitrogens is 4. The van der Waals surface area contributed by atoms with E-state index in [-0.39, 0.29) is 22.2 Å². The van der Waals surface area contributed by atoms with Crippen molar-refractivity contribution in [1.29, 1.82) is 0 Å². The summed E-state index contributed by atoms with van der Waals surface area (Å²) in [4.78, 5) is 22.8. The predicted molar refractivity (Wildman–Crippen MR) is 132 cm³/mol. The molecule has 1 aliphatic heterocycles. The van der Waals surface area contributed by atoms with Crippen molar-refractivity contribution in [2.45, 2.75) is 57.7 Å². The van der Waals surface area contributed by atoms with E-state index in [1.54, 1.807) is 24.2 Å². The van der Waals surface area contributed by atoms with Gasteiger partial charge in [0.25, 0.3) is 0 Å². The number of halogens is 1. The average molecular weight is 487 g/mol. The zero-order valence-corrected chi connectivity index (χ0v) is 20.8. The summed E-state index contributed by atoms with van der Waals surface area (Å²) in [6.07, 6.45) is 6.78. The number of nitrogens with zero attached hydrogens (tertiary/aromatic N) is 5. The highest BCUT2D eigenvalue weighted by atomic mass is 32.2. The zero-order chi connectivity index (χ0) is 24.5. The van der Waals surface area contributed by atoms with Crippen LogP contribution in [0.4, 0.5) is 10.2 Å². The summed E-state index contributed by atoms with van der Waals surface area (Å²) in [5.41, 5.74) is 2.12. The first kappa shape index (κ1) is 24.4. The molecule has 0 amide bonds. The van der Waals surface area contributed by atoms with Crippen LogP contribution >= 0.6 is 11.9 Å². The van der Waals surface area contributed by atoms with Crippen LogP contribution < -0.4 is 9.62 Å². The molecule has 1 aliphatic rings. The van der Waals surface area contributed by atoms with Crippen molar-refractivity contribution < 1.29 is 14.3 Å². The van der Waals surface area contributed by atoms with Gasteiger partial charge in [-0.25, -0.2) is 18.7 Å². The molecule has 2 N–H and O–H groups in total. The monoisotopic (exact) mass is 486 g/mol. The largest absolute Gasteiger partial charge is 0.477 e. The number of aryl methyl sites for hydroxylation is 1. The molecule has 0 aliphatic carbocycles. The van der Waals surface area contributed by atoms with Crippen LogP contribution in [0, 0.1) is 11.7 Å². The molecule has 3 aromatic rings. The van der Waals surface area contributed by atoms with Crippen LogP contribution in [-0.4, -0.2) is 48.5 Å². The minimum Gasteiger partial charge on any atom is -0.477 e. The molecule has 0 saturated carbocycles. The Labute approximate surface area is 203 Å². The number of carboxylic acid groups (broad SMARTS) is 1. The van der Waals surface area contributed by atoms with Gasteiger partial charge in [-0.3, -0.25) is 9.71 Å². The number of hydrogen-bond acceptors (Lipinski definition) is 7. The molecule has 1 fully saturated rings. The van der Waals surface area contributed by atoms with Crippen molar-refractivity contribution in [2.75, 3.05) is 18.0 Å². The number of carboxylic acids is 1. The fourth-order valence-electron chi connectivity index (χ4n) is 4.34. The Balaban J connectivity index is 1.59. The second kappa shape index (κ2) is 9.87. The molecule has 4 heterocycles. The highest BCUT2D eigenvalue weighted by molar-refractivity contribution is 7.98. The van der Waals surface area contributed by atoms with E-state index in [2.05, 4.69) is 52.4 Å². The third-order valence-electron chi connectivity index (χ3n) is 5.79. The number of aromatic carboxylic acids is 1. The van der Waals surface area contributed by atoms with Gasteiger partial charge >= 0.3 is 5.97 Å². The van der Waals surface area contributed by atoms with Gasteiger partial charge in [0.15, 0.2) is 5.65 Å². The minimum absolute atomic E-state index is 0.0550. The van der Waals surface area contributed by atoms with Crippen LogP contribution in [0.5, 0.6) is 0 Å². The molecule has 0 bridgehead atoms. The molecule has 10 heteroatoms. The normalized spacial score (nSPS) is 18.7. The standard InChI is InChI=1S/C24H31FN6O2S/c1-15-10-20(17-11-16(25)12-26-19(17)6-5-8-28-34-24(2,3)4)30(14-15)21-7-9-31-22(29-21)18(13-27-31)23(32)33/h7,9,11-13,15,20,28H,5-6,8,10,14H2,1-4H3,(H,32,33). The van der Waals surface area contributed by atoms with Gasteiger partial charge in [-0.1, -0.05) is 18.9 Å². The SMILES string of the molecule is CC1CC(c2cc(F)cnc2CCCNSC(C)(C)C)N(c2ccn3ncc(C(=O)O)c3n2)C1. The summed E-state index contributed by atoms with van der Waals surface area (Å²) < 4.78 is 19.3.